The molecule has 0 spiro atoms. The summed E-state index contributed by atoms with van der Waals surface area (Å²) in [5.41, 5.74) is 0. The van der Waals surface area contributed by atoms with E-state index >= 15 is 0 Å². The van der Waals surface area contributed by atoms with Crippen molar-refractivity contribution >= 4 is 0 Å². The first-order valence-corrected chi connectivity index (χ1v) is 6.46. The summed E-state index contributed by atoms with van der Waals surface area (Å²) in [6, 6.07) is 0.844. The summed E-state index contributed by atoms with van der Waals surface area (Å²) >= 11 is 0. The summed E-state index contributed by atoms with van der Waals surface area (Å²) < 4.78 is 0. The lowest BCUT2D eigenvalue weighted by Gasteiger charge is -2.40. The first-order valence-electron chi connectivity index (χ1n) is 6.46. The Morgan fingerprint density at radius 3 is 2.36 bits per heavy atom. The number of rotatable bonds is 4. The third kappa shape index (κ3) is 2.73. The molecule has 1 aliphatic rings. The van der Waals surface area contributed by atoms with Gasteiger partial charge in [-0.05, 0) is 37.6 Å². The quantitative estimate of drug-likeness (QED) is 0.666. The molecule has 0 saturated carbocycles. The summed E-state index contributed by atoms with van der Waals surface area (Å²) in [7, 11) is 0. The topological polar surface area (TPSA) is 3.24 Å². The monoisotopic (exact) mass is 197 g/mol. The maximum absolute atomic E-state index is 2.73. The molecule has 1 fully saturated rings. The van der Waals surface area contributed by atoms with Crippen molar-refractivity contribution in [2.75, 3.05) is 13.1 Å². The molecule has 1 nitrogen and oxygen atoms in total. The molecule has 0 aromatic rings. The van der Waals surface area contributed by atoms with Crippen LogP contribution in [0.3, 0.4) is 0 Å². The molecule has 1 saturated heterocycles. The third-order valence-corrected chi connectivity index (χ3v) is 4.13. The molecule has 0 amide bonds. The van der Waals surface area contributed by atoms with E-state index in [0.29, 0.717) is 0 Å². The van der Waals surface area contributed by atoms with Gasteiger partial charge < -0.3 is 4.90 Å². The van der Waals surface area contributed by atoms with Crippen LogP contribution in [0, 0.1) is 11.8 Å². The summed E-state index contributed by atoms with van der Waals surface area (Å²) in [4.78, 5) is 2.73. The van der Waals surface area contributed by atoms with Crippen molar-refractivity contribution in [3.05, 3.63) is 0 Å². The molecule has 2 atom stereocenters. The highest BCUT2D eigenvalue weighted by Crippen LogP contribution is 2.27. The first-order chi connectivity index (χ1) is 6.72. The van der Waals surface area contributed by atoms with Crippen LogP contribution < -0.4 is 0 Å². The number of hydrogen-bond donors (Lipinski definition) is 0. The van der Waals surface area contributed by atoms with Crippen molar-refractivity contribution in [1.82, 2.24) is 4.90 Å². The molecular weight excluding hydrogens is 170 g/mol. The van der Waals surface area contributed by atoms with E-state index in [1.165, 1.54) is 38.8 Å². The molecule has 1 heterocycles. The van der Waals surface area contributed by atoms with Gasteiger partial charge in [0.25, 0.3) is 0 Å². The predicted molar refractivity (Wildman–Crippen MR) is 63.5 cm³/mol. The van der Waals surface area contributed by atoms with Crippen molar-refractivity contribution in [3.8, 4) is 0 Å². The van der Waals surface area contributed by atoms with Crippen LogP contribution in [0.4, 0.5) is 0 Å². The van der Waals surface area contributed by atoms with Crippen LogP contribution in [-0.4, -0.2) is 24.0 Å². The Morgan fingerprint density at radius 1 is 1.21 bits per heavy atom. The molecule has 0 aliphatic carbocycles. The average Bonchev–Trinajstić information content (AvgIpc) is 2.22. The van der Waals surface area contributed by atoms with Crippen LogP contribution in [0.1, 0.15) is 53.4 Å². The van der Waals surface area contributed by atoms with Gasteiger partial charge in [0.1, 0.15) is 0 Å². The molecule has 84 valence electrons. The van der Waals surface area contributed by atoms with Gasteiger partial charge in [-0.25, -0.2) is 0 Å². The highest BCUT2D eigenvalue weighted by Gasteiger charge is 2.27. The van der Waals surface area contributed by atoms with E-state index < -0.39 is 0 Å². The maximum atomic E-state index is 2.73. The minimum atomic E-state index is 0.844. The van der Waals surface area contributed by atoms with E-state index in [1.807, 2.05) is 0 Å². The summed E-state index contributed by atoms with van der Waals surface area (Å²) in [5, 5.41) is 0. The second kappa shape index (κ2) is 5.75. The number of hydrogen-bond acceptors (Lipinski definition) is 1. The van der Waals surface area contributed by atoms with Gasteiger partial charge in [0.2, 0.25) is 0 Å². The maximum Gasteiger partial charge on any atom is 0.00901 e. The Labute approximate surface area is 89.9 Å². The van der Waals surface area contributed by atoms with Gasteiger partial charge in [0, 0.05) is 12.6 Å². The van der Waals surface area contributed by atoms with E-state index in [-0.39, 0.29) is 0 Å². The Kier molecular flexibility index (Phi) is 4.94. The van der Waals surface area contributed by atoms with E-state index in [2.05, 4.69) is 32.6 Å². The Hall–Kier alpha value is -0.0400. The predicted octanol–water partition coefficient (Wildman–Crippen LogP) is 3.54. The van der Waals surface area contributed by atoms with Crippen molar-refractivity contribution in [1.29, 1.82) is 0 Å². The molecule has 0 unspecified atom stereocenters. The third-order valence-electron chi connectivity index (χ3n) is 4.13. The molecular formula is C13H27N. The normalized spacial score (nSPS) is 29.8. The van der Waals surface area contributed by atoms with Gasteiger partial charge in [-0.2, -0.15) is 0 Å². The van der Waals surface area contributed by atoms with Gasteiger partial charge in [0.15, 0.2) is 0 Å². The fourth-order valence-corrected chi connectivity index (χ4v) is 2.85. The van der Waals surface area contributed by atoms with Gasteiger partial charge >= 0.3 is 0 Å². The zero-order valence-corrected chi connectivity index (χ0v) is 10.4. The van der Waals surface area contributed by atoms with Crippen molar-refractivity contribution in [3.63, 3.8) is 0 Å². The van der Waals surface area contributed by atoms with Crippen LogP contribution in [0.5, 0.6) is 0 Å². The van der Waals surface area contributed by atoms with Crippen molar-refractivity contribution < 1.29 is 0 Å². The van der Waals surface area contributed by atoms with E-state index in [0.717, 1.165) is 17.9 Å². The molecule has 1 rings (SSSR count). The summed E-state index contributed by atoms with van der Waals surface area (Å²) in [6.45, 7) is 12.1. The van der Waals surface area contributed by atoms with E-state index in [4.69, 9.17) is 0 Å². The van der Waals surface area contributed by atoms with Crippen LogP contribution >= 0.6 is 0 Å². The van der Waals surface area contributed by atoms with Crippen LogP contribution in [-0.2, 0) is 0 Å². The second-order valence-electron chi connectivity index (χ2n) is 4.90. The smallest absolute Gasteiger partial charge is 0.00901 e. The Bertz CT molecular complexity index is 149. The highest BCUT2D eigenvalue weighted by atomic mass is 15.2. The van der Waals surface area contributed by atoms with Crippen LogP contribution in [0.2, 0.25) is 0 Å². The Morgan fingerprint density at radius 2 is 1.86 bits per heavy atom. The first kappa shape index (κ1) is 12.0. The van der Waals surface area contributed by atoms with Gasteiger partial charge in [-0.15, -0.1) is 0 Å². The van der Waals surface area contributed by atoms with Crippen LogP contribution in [0.25, 0.3) is 0 Å². The molecule has 0 N–H and O–H groups in total. The van der Waals surface area contributed by atoms with E-state index in [9.17, 15) is 0 Å². The molecule has 0 bridgehead atoms. The molecule has 14 heavy (non-hydrogen) atoms. The lowest BCUT2D eigenvalue weighted by Crippen LogP contribution is -2.44. The van der Waals surface area contributed by atoms with Gasteiger partial charge in [-0.1, -0.05) is 34.1 Å². The van der Waals surface area contributed by atoms with Crippen LogP contribution in [0.15, 0.2) is 0 Å². The standard InChI is InChI=1S/C13H27N/c1-5-12-10-14(9-8-11(12)4)13(6-2)7-3/h11-13H,5-10H2,1-4H3/t11-,12-/m0/s1. The molecule has 0 radical (unpaired) electrons. The lowest BCUT2D eigenvalue weighted by atomic mass is 9.84. The second-order valence-corrected chi connectivity index (χ2v) is 4.90. The molecule has 0 aromatic carbocycles. The van der Waals surface area contributed by atoms with Crippen molar-refractivity contribution in [2.45, 2.75) is 59.4 Å². The fraction of sp³-hybridized carbons (Fsp3) is 1.00. The molecule has 1 aliphatic heterocycles. The Balaban J connectivity index is 2.48. The SMILES string of the molecule is CCC(CC)N1CC[C@H](C)[C@@H](CC)C1. The minimum Gasteiger partial charge on any atom is -0.300 e. The molecule has 1 heteroatoms. The zero-order valence-electron chi connectivity index (χ0n) is 10.4. The number of nitrogens with zero attached hydrogens (tertiary/aromatic N) is 1. The van der Waals surface area contributed by atoms with Gasteiger partial charge in [0.05, 0.1) is 0 Å². The fourth-order valence-electron chi connectivity index (χ4n) is 2.85. The molecule has 0 aromatic heterocycles. The summed E-state index contributed by atoms with van der Waals surface area (Å²) in [6.07, 6.45) is 5.41. The van der Waals surface area contributed by atoms with Gasteiger partial charge in [-0.3, -0.25) is 0 Å². The largest absolute Gasteiger partial charge is 0.300 e. The average molecular weight is 197 g/mol. The summed E-state index contributed by atoms with van der Waals surface area (Å²) in [5.74, 6) is 1.90. The van der Waals surface area contributed by atoms with Crippen molar-refractivity contribution in [2.24, 2.45) is 11.8 Å². The number of likely N-dealkylation sites (tertiary alicyclic amines) is 1. The minimum absolute atomic E-state index is 0.844. The van der Waals surface area contributed by atoms with E-state index in [1.54, 1.807) is 0 Å². The lowest BCUT2D eigenvalue weighted by molar-refractivity contribution is 0.0815. The highest BCUT2D eigenvalue weighted by molar-refractivity contribution is 4.80. The number of piperidine rings is 1. The zero-order chi connectivity index (χ0) is 10.6.